The van der Waals surface area contributed by atoms with E-state index >= 15 is 0 Å². The molecule has 1 aliphatic heterocycles. The average molecular weight is 503 g/mol. The van der Waals surface area contributed by atoms with Gasteiger partial charge >= 0.3 is 0 Å². The van der Waals surface area contributed by atoms with Gasteiger partial charge in [-0.25, -0.2) is 9.67 Å². The Labute approximate surface area is 217 Å². The lowest BCUT2D eigenvalue weighted by molar-refractivity contribution is -0.129. The number of nitrogens with one attached hydrogen (secondary N) is 2. The van der Waals surface area contributed by atoms with Crippen molar-refractivity contribution in [3.63, 3.8) is 0 Å². The molecule has 37 heavy (non-hydrogen) atoms. The SMILES string of the molecule is CC(C)[C@@H]1NC(=O)[C@@H](C)NC(=O)CCCN(C(=O)c2ccccc2)CCn2nc(-c3ccccc3)nc21. The van der Waals surface area contributed by atoms with Crippen LogP contribution in [0.15, 0.2) is 60.7 Å². The van der Waals surface area contributed by atoms with Crippen LogP contribution < -0.4 is 10.6 Å². The highest BCUT2D eigenvalue weighted by Crippen LogP contribution is 2.24. The molecule has 3 amide bonds. The Kier molecular flexibility index (Phi) is 8.32. The number of rotatable bonds is 3. The maximum atomic E-state index is 13.4. The molecule has 2 atom stereocenters. The van der Waals surface area contributed by atoms with E-state index in [2.05, 4.69) is 10.6 Å². The van der Waals surface area contributed by atoms with Gasteiger partial charge in [-0.05, 0) is 31.4 Å². The first kappa shape index (κ1) is 26.1. The summed E-state index contributed by atoms with van der Waals surface area (Å²) in [5.41, 5.74) is 1.46. The van der Waals surface area contributed by atoms with E-state index in [-0.39, 0.29) is 30.1 Å². The zero-order valence-corrected chi connectivity index (χ0v) is 21.6. The van der Waals surface area contributed by atoms with Crippen molar-refractivity contribution in [2.75, 3.05) is 13.1 Å². The van der Waals surface area contributed by atoms with Gasteiger partial charge in [0.1, 0.15) is 6.04 Å². The number of carbonyl (C=O) groups excluding carboxylic acids is 3. The van der Waals surface area contributed by atoms with E-state index in [0.717, 1.165) is 5.56 Å². The van der Waals surface area contributed by atoms with Gasteiger partial charge in [0.05, 0.1) is 12.6 Å². The molecule has 0 bridgehead atoms. The molecule has 2 aromatic carbocycles. The lowest BCUT2D eigenvalue weighted by atomic mass is 10.0. The van der Waals surface area contributed by atoms with Gasteiger partial charge in [-0.2, -0.15) is 5.10 Å². The topological polar surface area (TPSA) is 109 Å². The van der Waals surface area contributed by atoms with Crippen LogP contribution in [-0.4, -0.2) is 56.5 Å². The van der Waals surface area contributed by atoms with Crippen molar-refractivity contribution >= 4 is 17.7 Å². The Bertz CT molecular complexity index is 1230. The molecule has 1 aliphatic rings. The van der Waals surface area contributed by atoms with Crippen molar-refractivity contribution < 1.29 is 14.4 Å². The third kappa shape index (κ3) is 6.41. The maximum absolute atomic E-state index is 13.4. The van der Waals surface area contributed by atoms with Gasteiger partial charge in [-0.15, -0.1) is 0 Å². The molecule has 1 aromatic heterocycles. The van der Waals surface area contributed by atoms with Crippen LogP contribution in [0, 0.1) is 5.92 Å². The smallest absolute Gasteiger partial charge is 0.253 e. The summed E-state index contributed by atoms with van der Waals surface area (Å²) in [6.07, 6.45) is 0.698. The Morgan fingerprint density at radius 3 is 2.30 bits per heavy atom. The lowest BCUT2D eigenvalue weighted by Gasteiger charge is -2.27. The minimum absolute atomic E-state index is 0.00776. The number of fused-ring (bicyclic) bond motifs is 1. The third-order valence-electron chi connectivity index (χ3n) is 6.47. The molecule has 194 valence electrons. The highest BCUT2D eigenvalue weighted by Gasteiger charge is 2.29. The quantitative estimate of drug-likeness (QED) is 0.572. The van der Waals surface area contributed by atoms with E-state index in [1.165, 1.54) is 0 Å². The monoisotopic (exact) mass is 502 g/mol. The Morgan fingerprint density at radius 1 is 0.946 bits per heavy atom. The van der Waals surface area contributed by atoms with Gasteiger partial charge in [0.25, 0.3) is 5.91 Å². The van der Waals surface area contributed by atoms with E-state index in [0.29, 0.717) is 43.3 Å². The second-order valence-electron chi connectivity index (χ2n) is 9.66. The predicted molar refractivity (Wildman–Crippen MR) is 140 cm³/mol. The summed E-state index contributed by atoms with van der Waals surface area (Å²) < 4.78 is 1.80. The van der Waals surface area contributed by atoms with Crippen molar-refractivity contribution in [3.8, 4) is 11.4 Å². The van der Waals surface area contributed by atoms with Crippen LogP contribution in [0.3, 0.4) is 0 Å². The molecular weight excluding hydrogens is 468 g/mol. The van der Waals surface area contributed by atoms with E-state index < -0.39 is 12.1 Å². The highest BCUT2D eigenvalue weighted by atomic mass is 16.2. The summed E-state index contributed by atoms with van der Waals surface area (Å²) in [7, 11) is 0. The largest absolute Gasteiger partial charge is 0.345 e. The lowest BCUT2D eigenvalue weighted by Crippen LogP contribution is -2.47. The van der Waals surface area contributed by atoms with Crippen LogP contribution in [0.5, 0.6) is 0 Å². The normalized spacial score (nSPS) is 19.5. The molecule has 9 nitrogen and oxygen atoms in total. The average Bonchev–Trinajstić information content (AvgIpc) is 3.32. The number of hydrogen-bond donors (Lipinski definition) is 2. The highest BCUT2D eigenvalue weighted by molar-refractivity contribution is 5.94. The number of amides is 3. The minimum atomic E-state index is -0.705. The van der Waals surface area contributed by atoms with Crippen molar-refractivity contribution in [1.29, 1.82) is 0 Å². The van der Waals surface area contributed by atoms with Gasteiger partial charge in [0.2, 0.25) is 11.8 Å². The second-order valence-corrected chi connectivity index (χ2v) is 9.66. The molecule has 0 radical (unpaired) electrons. The van der Waals surface area contributed by atoms with Crippen LogP contribution in [0.25, 0.3) is 11.4 Å². The van der Waals surface area contributed by atoms with Crippen LogP contribution in [0.4, 0.5) is 0 Å². The molecule has 2 N–H and O–H groups in total. The zero-order valence-electron chi connectivity index (χ0n) is 21.6. The molecule has 0 saturated carbocycles. The summed E-state index contributed by atoms with van der Waals surface area (Å²) in [5.74, 6) is 0.587. The third-order valence-corrected chi connectivity index (χ3v) is 6.47. The summed E-state index contributed by atoms with van der Waals surface area (Å²) in [4.78, 5) is 45.5. The number of aromatic nitrogens is 3. The number of carbonyl (C=O) groups is 3. The molecule has 9 heteroatoms. The van der Waals surface area contributed by atoms with Gasteiger partial charge in [0.15, 0.2) is 11.6 Å². The fourth-order valence-electron chi connectivity index (χ4n) is 4.37. The predicted octanol–water partition coefficient (Wildman–Crippen LogP) is 3.20. The molecular formula is C28H34N6O3. The number of hydrogen-bond acceptors (Lipinski definition) is 5. The first-order chi connectivity index (χ1) is 17.8. The van der Waals surface area contributed by atoms with Crippen molar-refractivity contribution in [3.05, 3.63) is 72.1 Å². The molecule has 0 fully saturated rings. The summed E-state index contributed by atoms with van der Waals surface area (Å²) >= 11 is 0. The Hall–Kier alpha value is -4.01. The fourth-order valence-corrected chi connectivity index (χ4v) is 4.37. The molecule has 3 aromatic rings. The van der Waals surface area contributed by atoms with Gasteiger partial charge in [-0.1, -0.05) is 62.4 Å². The van der Waals surface area contributed by atoms with Gasteiger partial charge < -0.3 is 15.5 Å². The second kappa shape index (κ2) is 11.8. The van der Waals surface area contributed by atoms with Gasteiger partial charge in [-0.3, -0.25) is 14.4 Å². The summed E-state index contributed by atoms with van der Waals surface area (Å²) in [6, 6.07) is 17.7. The van der Waals surface area contributed by atoms with E-state index in [1.54, 1.807) is 28.6 Å². The first-order valence-electron chi connectivity index (χ1n) is 12.8. The maximum Gasteiger partial charge on any atom is 0.253 e. The van der Waals surface area contributed by atoms with E-state index in [9.17, 15) is 14.4 Å². The Morgan fingerprint density at radius 2 is 1.62 bits per heavy atom. The zero-order chi connectivity index (χ0) is 26.4. The first-order valence-corrected chi connectivity index (χ1v) is 12.8. The van der Waals surface area contributed by atoms with Crippen LogP contribution in [0.1, 0.15) is 55.8 Å². The van der Waals surface area contributed by atoms with Crippen LogP contribution in [0.2, 0.25) is 0 Å². The standard InChI is InChI=1S/C28H34N6O3/c1-19(2)24-26-31-25(21-11-6-4-7-12-21)32-34(26)18-17-33(28(37)22-13-8-5-9-14-22)16-10-15-23(35)29-20(3)27(36)30-24/h4-9,11-14,19-20,24H,10,15-18H2,1-3H3,(H,29,35)(H,30,36)/t20-,24+/m1/s1. The molecule has 0 saturated heterocycles. The van der Waals surface area contributed by atoms with E-state index in [1.807, 2.05) is 62.4 Å². The van der Waals surface area contributed by atoms with Crippen molar-refractivity contribution in [1.82, 2.24) is 30.3 Å². The van der Waals surface area contributed by atoms with Crippen molar-refractivity contribution in [2.24, 2.45) is 5.92 Å². The molecule has 0 unspecified atom stereocenters. The number of benzene rings is 2. The Balaban J connectivity index is 1.72. The molecule has 2 heterocycles. The van der Waals surface area contributed by atoms with Crippen molar-refractivity contribution in [2.45, 2.75) is 52.2 Å². The molecule has 0 aliphatic carbocycles. The summed E-state index contributed by atoms with van der Waals surface area (Å²) in [6.45, 7) is 6.87. The van der Waals surface area contributed by atoms with Crippen LogP contribution in [-0.2, 0) is 16.1 Å². The number of nitrogens with zero attached hydrogens (tertiary/aromatic N) is 4. The minimum Gasteiger partial charge on any atom is -0.345 e. The summed E-state index contributed by atoms with van der Waals surface area (Å²) in [5, 5.41) is 10.6. The van der Waals surface area contributed by atoms with Crippen LogP contribution >= 0.6 is 0 Å². The molecule has 0 spiro atoms. The fraction of sp³-hybridized carbons (Fsp3) is 0.393. The van der Waals surface area contributed by atoms with E-state index in [4.69, 9.17) is 10.1 Å². The van der Waals surface area contributed by atoms with Gasteiger partial charge in [0, 0.05) is 30.6 Å². The molecule has 4 rings (SSSR count).